The van der Waals surface area contributed by atoms with Gasteiger partial charge in [-0.05, 0) is 67.7 Å². The number of aliphatic hydroxyl groups excluding tert-OH is 2. The fourth-order valence-corrected chi connectivity index (χ4v) is 10.8. The molecule has 0 spiro atoms. The van der Waals surface area contributed by atoms with Gasteiger partial charge in [-0.15, -0.1) is 0 Å². The summed E-state index contributed by atoms with van der Waals surface area (Å²) in [6.07, 6.45) is -8.51. The van der Waals surface area contributed by atoms with Crippen LogP contribution >= 0.6 is 0 Å². The van der Waals surface area contributed by atoms with Gasteiger partial charge in [-0.3, -0.25) is 19.2 Å². The van der Waals surface area contributed by atoms with Crippen LogP contribution in [-0.4, -0.2) is 105 Å². The van der Waals surface area contributed by atoms with E-state index >= 15 is 4.79 Å². The second kappa shape index (κ2) is 17.2. The highest BCUT2D eigenvalue weighted by Gasteiger charge is 2.78. The van der Waals surface area contributed by atoms with Crippen LogP contribution in [0.25, 0.3) is 0 Å². The molecule has 1 amide bonds. The molecule has 3 aromatic rings. The Balaban J connectivity index is 1.27. The molecule has 1 saturated heterocycles. The number of ether oxygens (including phenoxy) is 5. The fraction of sp³-hybridized carbons (Fsp3) is 0.480. The summed E-state index contributed by atoms with van der Waals surface area (Å²) in [6.45, 7) is 6.96. The van der Waals surface area contributed by atoms with E-state index in [1.54, 1.807) is 92.7 Å². The monoisotopic (exact) mass is 893 g/mol. The lowest BCUT2D eigenvalue weighted by Crippen LogP contribution is -2.82. The van der Waals surface area contributed by atoms with Crippen molar-refractivity contribution in [3.05, 3.63) is 119 Å². The number of aliphatic hydroxyl groups is 3. The minimum absolute atomic E-state index is 0.0101. The third-order valence-electron chi connectivity index (χ3n) is 14.9. The van der Waals surface area contributed by atoms with Crippen molar-refractivity contribution in [1.29, 1.82) is 0 Å². The van der Waals surface area contributed by atoms with Gasteiger partial charge in [-0.1, -0.05) is 87.0 Å². The van der Waals surface area contributed by atoms with Crippen LogP contribution in [0.1, 0.15) is 99.0 Å². The van der Waals surface area contributed by atoms with Crippen molar-refractivity contribution in [2.24, 2.45) is 22.7 Å². The Hall–Kier alpha value is -5.74. The molecule has 11 atom stereocenters. The van der Waals surface area contributed by atoms with Crippen LogP contribution in [-0.2, 0) is 42.9 Å². The highest BCUT2D eigenvalue weighted by Crippen LogP contribution is 2.64. The van der Waals surface area contributed by atoms with Crippen LogP contribution in [0.15, 0.2) is 102 Å². The third kappa shape index (κ3) is 7.65. The lowest BCUT2D eigenvalue weighted by atomic mass is 9.44. The summed E-state index contributed by atoms with van der Waals surface area (Å²) >= 11 is 0. The van der Waals surface area contributed by atoms with Gasteiger partial charge in [-0.2, -0.15) is 0 Å². The molecular weight excluding hydrogens is 839 g/mol. The summed E-state index contributed by atoms with van der Waals surface area (Å²) in [4.78, 5) is 85.1. The predicted molar refractivity (Wildman–Crippen MR) is 229 cm³/mol. The molecular formula is C50H55NO14. The van der Waals surface area contributed by atoms with Crippen molar-refractivity contribution in [2.45, 2.75) is 121 Å². The number of esters is 4. The Labute approximate surface area is 376 Å². The maximum Gasteiger partial charge on any atom is 0.338 e. The number of amides is 1. The van der Waals surface area contributed by atoms with Crippen molar-refractivity contribution < 1.29 is 67.8 Å². The first-order valence-electron chi connectivity index (χ1n) is 22.1. The van der Waals surface area contributed by atoms with Gasteiger partial charge in [-0.25, -0.2) is 9.59 Å². The van der Waals surface area contributed by atoms with E-state index in [1.807, 2.05) is 0 Å². The lowest BCUT2D eigenvalue weighted by molar-refractivity contribution is -0.347. The predicted octanol–water partition coefficient (Wildman–Crippen LogP) is 4.52. The van der Waals surface area contributed by atoms with E-state index in [9.17, 15) is 39.3 Å². The average molecular weight is 894 g/mol. The number of rotatable bonds is 11. The number of carbonyl (C=O) groups excluding carboxylic acids is 6. The van der Waals surface area contributed by atoms with E-state index in [1.165, 1.54) is 26.0 Å². The molecule has 0 radical (unpaired) electrons. The number of nitrogens with one attached hydrogen (secondary N) is 1. The first kappa shape index (κ1) is 45.8. The van der Waals surface area contributed by atoms with Crippen molar-refractivity contribution in [3.8, 4) is 0 Å². The Kier molecular flexibility index (Phi) is 12.2. The minimum atomic E-state index is -2.39. The van der Waals surface area contributed by atoms with Gasteiger partial charge in [0.2, 0.25) is 0 Å². The quantitative estimate of drug-likeness (QED) is 0.118. The third-order valence-corrected chi connectivity index (χ3v) is 14.9. The van der Waals surface area contributed by atoms with Gasteiger partial charge in [0.25, 0.3) is 5.91 Å². The zero-order valence-electron chi connectivity index (χ0n) is 36.9. The number of Topliss-reactive ketones (excluding diaryl/α,β-unsaturated/α-hetero) is 1. The number of ketones is 1. The molecule has 3 saturated carbocycles. The number of fused-ring (bicyclic) bond motifs is 5. The molecule has 1 heterocycles. The molecule has 15 heteroatoms. The summed E-state index contributed by atoms with van der Waals surface area (Å²) in [5.74, 6) is -7.00. The molecule has 2 bridgehead atoms. The summed E-state index contributed by atoms with van der Waals surface area (Å²) in [5, 5.41) is 40.7. The van der Waals surface area contributed by atoms with E-state index in [4.69, 9.17) is 23.7 Å². The molecule has 15 nitrogen and oxygen atoms in total. The minimum Gasteiger partial charge on any atom is -0.456 e. The molecule has 65 heavy (non-hydrogen) atoms. The van der Waals surface area contributed by atoms with Gasteiger partial charge >= 0.3 is 23.9 Å². The Bertz CT molecular complexity index is 2380. The zero-order chi connectivity index (χ0) is 46.6. The van der Waals surface area contributed by atoms with Crippen LogP contribution in [0.2, 0.25) is 0 Å². The molecule has 3 aromatic carbocycles. The van der Waals surface area contributed by atoms with E-state index < -0.39 is 119 Å². The van der Waals surface area contributed by atoms with E-state index in [0.717, 1.165) is 13.3 Å². The summed E-state index contributed by atoms with van der Waals surface area (Å²) < 4.78 is 31.0. The van der Waals surface area contributed by atoms with Crippen LogP contribution < -0.4 is 5.32 Å². The van der Waals surface area contributed by atoms with E-state index in [0.29, 0.717) is 18.4 Å². The molecule has 344 valence electrons. The van der Waals surface area contributed by atoms with Gasteiger partial charge in [0.15, 0.2) is 23.6 Å². The van der Waals surface area contributed by atoms with Crippen molar-refractivity contribution >= 4 is 35.6 Å². The van der Waals surface area contributed by atoms with Crippen molar-refractivity contribution in [3.63, 3.8) is 0 Å². The van der Waals surface area contributed by atoms with Crippen molar-refractivity contribution in [2.75, 3.05) is 6.61 Å². The summed E-state index contributed by atoms with van der Waals surface area (Å²) in [5.41, 5.74) is -6.95. The molecule has 4 N–H and O–H groups in total. The summed E-state index contributed by atoms with van der Waals surface area (Å²) in [6, 6.07) is 23.1. The molecule has 4 aliphatic carbocycles. The summed E-state index contributed by atoms with van der Waals surface area (Å²) in [7, 11) is 0. The Morgan fingerprint density at radius 2 is 1.45 bits per heavy atom. The topological polar surface area (TPSA) is 221 Å². The normalized spacial score (nSPS) is 32.3. The van der Waals surface area contributed by atoms with Gasteiger partial charge in [0.05, 0.1) is 41.6 Å². The molecule has 8 rings (SSSR count). The smallest absolute Gasteiger partial charge is 0.338 e. The van der Waals surface area contributed by atoms with Crippen molar-refractivity contribution in [1.82, 2.24) is 5.32 Å². The van der Waals surface area contributed by atoms with Crippen LogP contribution in [0.5, 0.6) is 0 Å². The van der Waals surface area contributed by atoms with Crippen LogP contribution in [0.3, 0.4) is 0 Å². The second-order valence-corrected chi connectivity index (χ2v) is 18.8. The van der Waals surface area contributed by atoms with Gasteiger partial charge in [0, 0.05) is 30.7 Å². The number of hydrogen-bond donors (Lipinski definition) is 4. The Morgan fingerprint density at radius 3 is 2.00 bits per heavy atom. The average Bonchev–Trinajstić information content (AvgIpc) is 3.26. The van der Waals surface area contributed by atoms with E-state index in [2.05, 4.69) is 5.32 Å². The first-order valence-corrected chi connectivity index (χ1v) is 22.1. The molecule has 0 aromatic heterocycles. The SMILES string of the molecule is CC(=O)O[C@H]1C(=O)[C@]2(C)[C@@H](O)CC3OC[C@@]3(OC(=O)C3CCC3)[C@H]2[C@H](OC(=O)c2ccccc2)[C@]2(O)C[C@H](OC(=O)[C@H](O)[C@@H](NC(=O)c3ccccc3)c3ccccc3)C(C)=C1C2(C)C. The maximum absolute atomic E-state index is 15.7. The maximum atomic E-state index is 15.7. The first-order chi connectivity index (χ1) is 30.8. The molecule has 1 aliphatic heterocycles. The largest absolute Gasteiger partial charge is 0.456 e. The second-order valence-electron chi connectivity index (χ2n) is 18.8. The van der Waals surface area contributed by atoms with Crippen LogP contribution in [0, 0.1) is 22.7 Å². The number of carbonyl (C=O) groups is 6. The molecule has 4 fully saturated rings. The number of hydrogen-bond acceptors (Lipinski definition) is 14. The molecule has 1 unspecified atom stereocenters. The van der Waals surface area contributed by atoms with Gasteiger partial charge < -0.3 is 44.3 Å². The zero-order valence-corrected chi connectivity index (χ0v) is 36.9. The highest BCUT2D eigenvalue weighted by molar-refractivity contribution is 5.96. The molecule has 5 aliphatic rings. The number of benzene rings is 3. The van der Waals surface area contributed by atoms with Crippen LogP contribution in [0.4, 0.5) is 0 Å². The standard InChI is InChI=1S/C50H55NO14/c1-27-33(63-46(59)38(54)37(29-16-9-6-10-17-29)51-43(56)30-18-11-7-12-19-30)25-50(60)42(64-44(57)31-20-13-8-14-21-31)40-48(5,41(55)39(62-28(2)52)36(27)47(50,3)4)34(53)24-35-49(40,26-61-35)65-45(58)32-22-15-23-32/h6-14,16-21,32-35,37-40,42,53-54,60H,15,22-26H2,1-5H3,(H,51,56)/t33-,34-,35?,37-,38+,39+,40-,42-,48+,49-,50+/m0/s1. The lowest BCUT2D eigenvalue weighted by Gasteiger charge is -2.67. The van der Waals surface area contributed by atoms with E-state index in [-0.39, 0.29) is 35.3 Å². The Morgan fingerprint density at radius 1 is 0.846 bits per heavy atom. The fourth-order valence-electron chi connectivity index (χ4n) is 10.8. The van der Waals surface area contributed by atoms with Gasteiger partial charge in [0.1, 0.15) is 23.9 Å². The highest BCUT2D eigenvalue weighted by atomic mass is 16.6.